The summed E-state index contributed by atoms with van der Waals surface area (Å²) < 4.78 is 38.6. The van der Waals surface area contributed by atoms with Crippen LogP contribution in [0.1, 0.15) is 24.0 Å². The van der Waals surface area contributed by atoms with Gasteiger partial charge in [0.1, 0.15) is 0 Å². The predicted molar refractivity (Wildman–Crippen MR) is 100 cm³/mol. The van der Waals surface area contributed by atoms with Crippen LogP contribution >= 0.6 is 0 Å². The van der Waals surface area contributed by atoms with E-state index in [1.807, 2.05) is 12.2 Å². The highest BCUT2D eigenvalue weighted by atomic mass is 19.4. The lowest BCUT2D eigenvalue weighted by Gasteiger charge is -2.36. The van der Waals surface area contributed by atoms with Crippen LogP contribution in [-0.2, 0) is 22.3 Å². The Morgan fingerprint density at radius 1 is 0.897 bits per heavy atom. The molecule has 0 N–H and O–H groups in total. The van der Waals surface area contributed by atoms with Gasteiger partial charge in [0.2, 0.25) is 11.8 Å². The van der Waals surface area contributed by atoms with Gasteiger partial charge in [-0.25, -0.2) is 0 Å². The lowest BCUT2D eigenvalue weighted by atomic mass is 9.85. The molecule has 0 saturated carbocycles. The van der Waals surface area contributed by atoms with Gasteiger partial charge in [0, 0.05) is 32.7 Å². The maximum absolute atomic E-state index is 12.9. The molecule has 0 bridgehead atoms. The van der Waals surface area contributed by atoms with Crippen molar-refractivity contribution in [3.05, 3.63) is 47.5 Å². The van der Waals surface area contributed by atoms with Crippen molar-refractivity contribution in [3.8, 4) is 0 Å². The largest absolute Gasteiger partial charge is 0.416 e. The van der Waals surface area contributed by atoms with E-state index < -0.39 is 11.7 Å². The highest BCUT2D eigenvalue weighted by Gasteiger charge is 2.47. The number of carbonyl (C=O) groups is 2. The molecule has 4 rings (SSSR count). The number of alkyl halides is 3. The Bertz CT molecular complexity index is 790. The van der Waals surface area contributed by atoms with Crippen LogP contribution in [0, 0.1) is 11.8 Å². The highest BCUT2D eigenvalue weighted by molar-refractivity contribution is 6.05. The summed E-state index contributed by atoms with van der Waals surface area (Å²) in [5.41, 5.74) is 0.00500. The Hall–Kier alpha value is -2.19. The Kier molecular flexibility index (Phi) is 5.48. The monoisotopic (exact) mass is 407 g/mol. The first-order valence-corrected chi connectivity index (χ1v) is 9.94. The first kappa shape index (κ1) is 20.1. The third-order valence-corrected chi connectivity index (χ3v) is 6.07. The number of rotatable bonds is 4. The average molecular weight is 407 g/mol. The van der Waals surface area contributed by atoms with Crippen LogP contribution in [0.4, 0.5) is 13.2 Å². The summed E-state index contributed by atoms with van der Waals surface area (Å²) in [6.07, 6.45) is 0.883. The first-order valence-electron chi connectivity index (χ1n) is 9.94. The molecule has 29 heavy (non-hydrogen) atoms. The fourth-order valence-corrected chi connectivity index (χ4v) is 4.40. The minimum atomic E-state index is -4.34. The van der Waals surface area contributed by atoms with Crippen LogP contribution in [0.5, 0.6) is 0 Å². The number of fused-ring (bicyclic) bond motifs is 1. The van der Waals surface area contributed by atoms with E-state index in [0.29, 0.717) is 57.8 Å². The van der Waals surface area contributed by atoms with E-state index in [9.17, 15) is 22.8 Å². The maximum Gasteiger partial charge on any atom is 0.416 e. The number of benzene rings is 1. The molecule has 0 aromatic heterocycles. The number of likely N-dealkylation sites (tertiary alicyclic amines) is 1. The summed E-state index contributed by atoms with van der Waals surface area (Å²) in [6.45, 7) is 3.46. The van der Waals surface area contributed by atoms with Crippen molar-refractivity contribution in [2.24, 2.45) is 11.8 Å². The van der Waals surface area contributed by atoms with Crippen LogP contribution in [0.2, 0.25) is 0 Å². The van der Waals surface area contributed by atoms with E-state index in [1.54, 1.807) is 6.07 Å². The fourth-order valence-electron chi connectivity index (χ4n) is 4.40. The number of amides is 2. The molecule has 3 aliphatic rings. The molecule has 0 unspecified atom stereocenters. The zero-order chi connectivity index (χ0) is 20.6. The van der Waals surface area contributed by atoms with Gasteiger partial charge in [0.25, 0.3) is 0 Å². The van der Waals surface area contributed by atoms with E-state index in [2.05, 4.69) is 9.80 Å². The van der Waals surface area contributed by atoms with E-state index in [-0.39, 0.29) is 23.7 Å². The summed E-state index contributed by atoms with van der Waals surface area (Å²) in [6, 6.07) is 5.43. The number of piperazine rings is 1. The summed E-state index contributed by atoms with van der Waals surface area (Å²) in [4.78, 5) is 30.7. The molecule has 5 nitrogen and oxygen atoms in total. The number of halogens is 3. The molecule has 2 aliphatic heterocycles. The molecular weight excluding hydrogens is 383 g/mol. The highest BCUT2D eigenvalue weighted by Crippen LogP contribution is 2.35. The van der Waals surface area contributed by atoms with Crippen molar-refractivity contribution in [2.45, 2.75) is 25.6 Å². The lowest BCUT2D eigenvalue weighted by Crippen LogP contribution is -2.51. The van der Waals surface area contributed by atoms with E-state index >= 15 is 0 Å². The Labute approximate surface area is 167 Å². The second kappa shape index (κ2) is 7.91. The van der Waals surface area contributed by atoms with Gasteiger partial charge in [-0.1, -0.05) is 30.4 Å². The molecule has 2 heterocycles. The van der Waals surface area contributed by atoms with Gasteiger partial charge in [-0.15, -0.1) is 0 Å². The van der Waals surface area contributed by atoms with Crippen LogP contribution < -0.4 is 0 Å². The van der Waals surface area contributed by atoms with Crippen molar-refractivity contribution >= 4 is 11.8 Å². The van der Waals surface area contributed by atoms with Gasteiger partial charge < -0.3 is 0 Å². The number of imide groups is 1. The topological polar surface area (TPSA) is 43.9 Å². The summed E-state index contributed by atoms with van der Waals surface area (Å²) in [7, 11) is 0. The third kappa shape index (κ3) is 4.23. The number of allylic oxidation sites excluding steroid dienone is 2. The van der Waals surface area contributed by atoms with Crippen LogP contribution in [0.3, 0.4) is 0 Å². The second-order valence-corrected chi connectivity index (χ2v) is 7.99. The number of nitrogens with zero attached hydrogens (tertiary/aromatic N) is 3. The van der Waals surface area contributed by atoms with E-state index in [1.165, 1.54) is 17.0 Å². The van der Waals surface area contributed by atoms with Gasteiger partial charge >= 0.3 is 6.18 Å². The quantitative estimate of drug-likeness (QED) is 0.569. The molecule has 8 heteroatoms. The van der Waals surface area contributed by atoms with Crippen LogP contribution in [0.15, 0.2) is 36.4 Å². The van der Waals surface area contributed by atoms with Crippen molar-refractivity contribution in [1.82, 2.24) is 14.7 Å². The first-order chi connectivity index (χ1) is 13.8. The molecule has 2 saturated heterocycles. The molecule has 1 aromatic rings. The molecule has 0 radical (unpaired) electrons. The fraction of sp³-hybridized carbons (Fsp3) is 0.524. The Morgan fingerprint density at radius 2 is 1.48 bits per heavy atom. The molecular formula is C21H24F3N3O2. The second-order valence-electron chi connectivity index (χ2n) is 7.99. The minimum Gasteiger partial charge on any atom is -0.297 e. The number of hydrogen-bond donors (Lipinski definition) is 0. The maximum atomic E-state index is 12.9. The smallest absolute Gasteiger partial charge is 0.297 e. The standard InChI is InChI=1S/C21H24F3N3O2/c22-21(23,24)16-5-3-4-15(12-16)13-25-8-10-26(11-9-25)14-27-19(28)17-6-1-2-7-18(17)20(27)29/h1-5,12,17-18H,6-11,13-14H2/t17-,18-/m0/s1. The summed E-state index contributed by atoms with van der Waals surface area (Å²) in [5, 5.41) is 0. The van der Waals surface area contributed by atoms with E-state index in [0.717, 1.165) is 6.07 Å². The zero-order valence-electron chi connectivity index (χ0n) is 16.1. The van der Waals surface area contributed by atoms with Gasteiger partial charge in [0.15, 0.2) is 0 Å². The van der Waals surface area contributed by atoms with Crippen molar-refractivity contribution in [3.63, 3.8) is 0 Å². The summed E-state index contributed by atoms with van der Waals surface area (Å²) in [5.74, 6) is -0.573. The molecule has 0 spiro atoms. The molecule has 156 valence electrons. The molecule has 1 aromatic carbocycles. The number of carbonyl (C=O) groups excluding carboxylic acids is 2. The molecule has 2 fully saturated rings. The van der Waals surface area contributed by atoms with Gasteiger partial charge in [-0.2, -0.15) is 13.2 Å². The van der Waals surface area contributed by atoms with E-state index in [4.69, 9.17) is 0 Å². The molecule has 2 atom stereocenters. The minimum absolute atomic E-state index is 0.0734. The average Bonchev–Trinajstić information content (AvgIpc) is 2.94. The SMILES string of the molecule is O=C1[C@H]2CC=CC[C@@H]2C(=O)N1CN1CCN(Cc2cccc(C(F)(F)F)c2)CC1. The van der Waals surface area contributed by atoms with Crippen molar-refractivity contribution in [1.29, 1.82) is 0 Å². The summed E-state index contributed by atoms with van der Waals surface area (Å²) >= 11 is 0. The molecule has 1 aliphatic carbocycles. The van der Waals surface area contributed by atoms with Crippen molar-refractivity contribution < 1.29 is 22.8 Å². The lowest BCUT2D eigenvalue weighted by molar-refractivity contribution is -0.143. The van der Waals surface area contributed by atoms with Gasteiger partial charge in [-0.05, 0) is 24.5 Å². The zero-order valence-corrected chi connectivity index (χ0v) is 16.1. The Balaban J connectivity index is 1.30. The van der Waals surface area contributed by atoms with Gasteiger partial charge in [0.05, 0.1) is 24.1 Å². The predicted octanol–water partition coefficient (Wildman–Crippen LogP) is 2.73. The van der Waals surface area contributed by atoms with Crippen molar-refractivity contribution in [2.75, 3.05) is 32.8 Å². The molecule has 2 amide bonds. The number of hydrogen-bond acceptors (Lipinski definition) is 4. The van der Waals surface area contributed by atoms with Crippen LogP contribution in [0.25, 0.3) is 0 Å². The Morgan fingerprint density at radius 3 is 2.07 bits per heavy atom. The normalized spacial score (nSPS) is 26.2. The third-order valence-electron chi connectivity index (χ3n) is 6.07. The van der Waals surface area contributed by atoms with Gasteiger partial charge in [-0.3, -0.25) is 24.3 Å². The van der Waals surface area contributed by atoms with Crippen LogP contribution in [-0.4, -0.2) is 59.4 Å².